The molecule has 0 amide bonds. The highest BCUT2D eigenvalue weighted by molar-refractivity contribution is 5.88. The predicted octanol–water partition coefficient (Wildman–Crippen LogP) is 2.66. The number of nitrogens with zero attached hydrogens (tertiary/aromatic N) is 2. The van der Waals surface area contributed by atoms with Crippen LogP contribution < -0.4 is 4.74 Å². The van der Waals surface area contributed by atoms with Gasteiger partial charge in [-0.15, -0.1) is 0 Å². The Labute approximate surface area is 117 Å². The van der Waals surface area contributed by atoms with Gasteiger partial charge >= 0.3 is 12.1 Å². The van der Waals surface area contributed by atoms with E-state index in [4.69, 9.17) is 9.84 Å². The summed E-state index contributed by atoms with van der Waals surface area (Å²) >= 11 is 0. The Kier molecular flexibility index (Phi) is 3.88. The van der Waals surface area contributed by atoms with Gasteiger partial charge in [-0.3, -0.25) is 4.68 Å². The van der Waals surface area contributed by atoms with Crippen LogP contribution in [0.3, 0.4) is 0 Å². The highest BCUT2D eigenvalue weighted by atomic mass is 19.4. The molecule has 0 fully saturated rings. The maximum Gasteiger partial charge on any atom is 0.419 e. The molecule has 0 atom stereocenters. The van der Waals surface area contributed by atoms with Crippen LogP contribution in [-0.4, -0.2) is 28.0 Å². The summed E-state index contributed by atoms with van der Waals surface area (Å²) < 4.78 is 43.6. The van der Waals surface area contributed by atoms with E-state index in [1.807, 2.05) is 0 Å². The number of aromatic nitrogens is 2. The van der Waals surface area contributed by atoms with Gasteiger partial charge in [0.05, 0.1) is 31.0 Å². The SMILES string of the molecule is COc1ccc(C(=O)O)cc1Cn1cc(C(F)(F)F)cn1. The first-order valence-corrected chi connectivity index (χ1v) is 5.81. The Bertz CT molecular complexity index is 665. The molecule has 1 aromatic carbocycles. The van der Waals surface area contributed by atoms with Crippen molar-refractivity contribution in [2.24, 2.45) is 0 Å². The van der Waals surface area contributed by atoms with Crippen LogP contribution in [-0.2, 0) is 12.7 Å². The van der Waals surface area contributed by atoms with E-state index in [1.54, 1.807) is 0 Å². The second kappa shape index (κ2) is 5.47. The zero-order valence-electron chi connectivity index (χ0n) is 10.9. The molecule has 0 unspecified atom stereocenters. The topological polar surface area (TPSA) is 64.3 Å². The summed E-state index contributed by atoms with van der Waals surface area (Å²) in [4.78, 5) is 10.9. The van der Waals surface area contributed by atoms with Crippen molar-refractivity contribution in [1.82, 2.24) is 9.78 Å². The summed E-state index contributed by atoms with van der Waals surface area (Å²) in [5.41, 5.74) is -0.418. The molecule has 1 heterocycles. The molecule has 0 spiro atoms. The van der Waals surface area contributed by atoms with E-state index in [-0.39, 0.29) is 12.1 Å². The van der Waals surface area contributed by atoms with Crippen LogP contribution in [0.15, 0.2) is 30.6 Å². The summed E-state index contributed by atoms with van der Waals surface area (Å²) in [6.45, 7) is -0.0274. The largest absolute Gasteiger partial charge is 0.496 e. The molecule has 1 N–H and O–H groups in total. The summed E-state index contributed by atoms with van der Waals surface area (Å²) in [7, 11) is 1.39. The number of alkyl halides is 3. The van der Waals surface area contributed by atoms with Gasteiger partial charge in [0.25, 0.3) is 0 Å². The Hall–Kier alpha value is -2.51. The number of methoxy groups -OCH3 is 1. The Balaban J connectivity index is 2.32. The van der Waals surface area contributed by atoms with Crippen LogP contribution in [0.5, 0.6) is 5.75 Å². The molecule has 112 valence electrons. The fourth-order valence-electron chi connectivity index (χ4n) is 1.81. The van der Waals surface area contributed by atoms with Crippen molar-refractivity contribution < 1.29 is 27.8 Å². The lowest BCUT2D eigenvalue weighted by Gasteiger charge is -2.09. The van der Waals surface area contributed by atoms with E-state index in [1.165, 1.54) is 25.3 Å². The van der Waals surface area contributed by atoms with Gasteiger partial charge in [0, 0.05) is 11.8 Å². The molecule has 0 saturated carbocycles. The first-order valence-electron chi connectivity index (χ1n) is 5.81. The lowest BCUT2D eigenvalue weighted by Crippen LogP contribution is -2.06. The molecule has 0 radical (unpaired) electrons. The van der Waals surface area contributed by atoms with Crippen LogP contribution in [0.4, 0.5) is 13.2 Å². The van der Waals surface area contributed by atoms with Crippen molar-refractivity contribution >= 4 is 5.97 Å². The zero-order chi connectivity index (χ0) is 15.6. The number of carbonyl (C=O) groups is 1. The number of hydrogen-bond acceptors (Lipinski definition) is 3. The number of halogens is 3. The molecule has 2 rings (SSSR count). The number of hydrogen-bond donors (Lipinski definition) is 1. The molecule has 0 saturated heterocycles. The van der Waals surface area contributed by atoms with Crippen molar-refractivity contribution in [3.8, 4) is 5.75 Å². The first kappa shape index (κ1) is 14.9. The van der Waals surface area contributed by atoms with E-state index in [0.717, 1.165) is 10.9 Å². The van der Waals surface area contributed by atoms with Gasteiger partial charge in [0.2, 0.25) is 0 Å². The Morgan fingerprint density at radius 3 is 2.67 bits per heavy atom. The van der Waals surface area contributed by atoms with E-state index in [9.17, 15) is 18.0 Å². The quantitative estimate of drug-likeness (QED) is 0.943. The van der Waals surface area contributed by atoms with Gasteiger partial charge in [-0.05, 0) is 18.2 Å². The maximum absolute atomic E-state index is 12.5. The van der Waals surface area contributed by atoms with Crippen LogP contribution in [0, 0.1) is 0 Å². The van der Waals surface area contributed by atoms with Gasteiger partial charge in [-0.1, -0.05) is 0 Å². The molecule has 0 bridgehead atoms. The average molecular weight is 300 g/mol. The molecule has 2 aromatic rings. The second-order valence-electron chi connectivity index (χ2n) is 4.26. The van der Waals surface area contributed by atoms with Gasteiger partial charge in [0.1, 0.15) is 5.75 Å². The van der Waals surface area contributed by atoms with Crippen LogP contribution >= 0.6 is 0 Å². The zero-order valence-corrected chi connectivity index (χ0v) is 10.9. The Morgan fingerprint density at radius 2 is 2.14 bits per heavy atom. The minimum Gasteiger partial charge on any atom is -0.496 e. The standard InChI is InChI=1S/C13H11F3N2O3/c1-21-11-3-2-8(12(19)20)4-9(11)6-18-7-10(5-17-18)13(14,15)16/h2-5,7H,6H2,1H3,(H,19,20). The van der Waals surface area contributed by atoms with Gasteiger partial charge in [0.15, 0.2) is 0 Å². The summed E-state index contributed by atoms with van der Waals surface area (Å²) in [6, 6.07) is 4.15. The minimum atomic E-state index is -4.47. The maximum atomic E-state index is 12.5. The van der Waals surface area contributed by atoms with Gasteiger partial charge < -0.3 is 9.84 Å². The molecular weight excluding hydrogens is 289 g/mol. The third kappa shape index (κ3) is 3.33. The molecule has 1 aromatic heterocycles. The molecule has 0 aliphatic heterocycles. The normalized spacial score (nSPS) is 11.4. The Morgan fingerprint density at radius 1 is 1.43 bits per heavy atom. The molecule has 0 aliphatic rings. The third-order valence-corrected chi connectivity index (χ3v) is 2.82. The lowest BCUT2D eigenvalue weighted by molar-refractivity contribution is -0.137. The van der Waals surface area contributed by atoms with Crippen LogP contribution in [0.2, 0.25) is 0 Å². The average Bonchev–Trinajstić information content (AvgIpc) is 2.87. The first-order chi connectivity index (χ1) is 9.81. The van der Waals surface area contributed by atoms with Gasteiger partial charge in [-0.25, -0.2) is 4.79 Å². The summed E-state index contributed by atoms with van der Waals surface area (Å²) in [6.07, 6.45) is -2.90. The number of carboxylic acid groups (broad SMARTS) is 1. The number of carboxylic acids is 1. The van der Waals surface area contributed by atoms with Crippen LogP contribution in [0.1, 0.15) is 21.5 Å². The monoisotopic (exact) mass is 300 g/mol. The van der Waals surface area contributed by atoms with E-state index in [0.29, 0.717) is 17.5 Å². The lowest BCUT2D eigenvalue weighted by atomic mass is 10.1. The highest BCUT2D eigenvalue weighted by Gasteiger charge is 2.32. The number of aromatic carboxylic acids is 1. The third-order valence-electron chi connectivity index (χ3n) is 2.82. The molecule has 8 heteroatoms. The minimum absolute atomic E-state index is 0.0222. The fourth-order valence-corrected chi connectivity index (χ4v) is 1.81. The second-order valence-corrected chi connectivity index (χ2v) is 4.26. The summed E-state index contributed by atoms with van der Waals surface area (Å²) in [5, 5.41) is 12.6. The number of benzene rings is 1. The van der Waals surface area contributed by atoms with E-state index >= 15 is 0 Å². The molecular formula is C13H11F3N2O3. The number of rotatable bonds is 4. The highest BCUT2D eigenvalue weighted by Crippen LogP contribution is 2.29. The van der Waals surface area contributed by atoms with Crippen molar-refractivity contribution in [2.45, 2.75) is 12.7 Å². The van der Waals surface area contributed by atoms with Crippen LogP contribution in [0.25, 0.3) is 0 Å². The van der Waals surface area contributed by atoms with E-state index in [2.05, 4.69) is 5.10 Å². The molecule has 0 aliphatic carbocycles. The molecule has 5 nitrogen and oxygen atoms in total. The van der Waals surface area contributed by atoms with Crippen molar-refractivity contribution in [2.75, 3.05) is 7.11 Å². The van der Waals surface area contributed by atoms with Gasteiger partial charge in [-0.2, -0.15) is 18.3 Å². The van der Waals surface area contributed by atoms with E-state index < -0.39 is 17.7 Å². The predicted molar refractivity (Wildman–Crippen MR) is 66.3 cm³/mol. The van der Waals surface area contributed by atoms with Crippen molar-refractivity contribution in [3.05, 3.63) is 47.3 Å². The van der Waals surface area contributed by atoms with Crippen molar-refractivity contribution in [3.63, 3.8) is 0 Å². The number of ether oxygens (including phenoxy) is 1. The molecule has 21 heavy (non-hydrogen) atoms. The van der Waals surface area contributed by atoms with Crippen molar-refractivity contribution in [1.29, 1.82) is 0 Å². The fraction of sp³-hybridized carbons (Fsp3) is 0.231. The smallest absolute Gasteiger partial charge is 0.419 e. The summed E-state index contributed by atoms with van der Waals surface area (Å²) in [5.74, 6) is -0.751.